The maximum absolute atomic E-state index is 12.2. The molecule has 0 unspecified atom stereocenters. The van der Waals surface area contributed by atoms with Crippen molar-refractivity contribution in [1.82, 2.24) is 29.6 Å². The van der Waals surface area contributed by atoms with Crippen LogP contribution in [0.2, 0.25) is 0 Å². The number of anilines is 1. The van der Waals surface area contributed by atoms with Gasteiger partial charge < -0.3 is 20.1 Å². The van der Waals surface area contributed by atoms with E-state index in [0.29, 0.717) is 31.2 Å². The first-order chi connectivity index (χ1) is 19.3. The molecule has 1 amide bonds. The van der Waals surface area contributed by atoms with Crippen LogP contribution in [0.3, 0.4) is 0 Å². The van der Waals surface area contributed by atoms with Crippen molar-refractivity contribution in [2.24, 2.45) is 5.92 Å². The summed E-state index contributed by atoms with van der Waals surface area (Å²) in [6, 6.07) is 5.95. The highest BCUT2D eigenvalue weighted by atomic mass is 16.5. The van der Waals surface area contributed by atoms with Crippen molar-refractivity contribution in [1.29, 1.82) is 0 Å². The fourth-order valence-electron chi connectivity index (χ4n) is 5.47. The number of piperidine rings is 1. The van der Waals surface area contributed by atoms with Crippen LogP contribution in [0, 0.1) is 26.7 Å². The SMILES string of the molecule is C=CC(=O)N1CCC[C@@H](Cn2nc(-c3ccc(OCc4ncc(C)c(OC)c4C)c(C)c3)c3c(N)ncnc32)C1. The first kappa shape index (κ1) is 27.1. The van der Waals surface area contributed by atoms with Gasteiger partial charge in [0.05, 0.1) is 18.2 Å². The fraction of sp³-hybridized carbons (Fsp3) is 0.367. The molecule has 3 aromatic heterocycles. The highest BCUT2D eigenvalue weighted by Crippen LogP contribution is 2.34. The van der Waals surface area contributed by atoms with Crippen LogP contribution in [-0.4, -0.2) is 55.7 Å². The normalized spacial score (nSPS) is 15.3. The molecule has 0 spiro atoms. The van der Waals surface area contributed by atoms with E-state index in [-0.39, 0.29) is 11.8 Å². The Morgan fingerprint density at radius 1 is 1.20 bits per heavy atom. The number of nitrogen functional groups attached to an aromatic ring is 1. The third-order valence-electron chi connectivity index (χ3n) is 7.56. The highest BCUT2D eigenvalue weighted by Gasteiger charge is 2.25. The predicted octanol–water partition coefficient (Wildman–Crippen LogP) is 4.41. The molecule has 1 atom stereocenters. The van der Waals surface area contributed by atoms with E-state index in [0.717, 1.165) is 69.9 Å². The standard InChI is InChI=1S/C30H35N7O3/c1-6-25(38)36-11-7-8-21(14-36)15-37-30-26(29(31)33-17-34-30)27(35-37)22-9-10-24(18(2)12-22)40-16-23-20(4)28(39-5)19(3)13-32-23/h6,9-10,12-13,17,21H,1,7-8,11,14-16H2,2-5H3,(H2,31,33,34)/t21-/m1/s1. The zero-order valence-corrected chi connectivity index (χ0v) is 23.5. The van der Waals surface area contributed by atoms with Crippen molar-refractivity contribution in [2.75, 3.05) is 25.9 Å². The van der Waals surface area contributed by atoms with Gasteiger partial charge in [-0.15, -0.1) is 0 Å². The van der Waals surface area contributed by atoms with Crippen molar-refractivity contribution >= 4 is 22.8 Å². The second-order valence-electron chi connectivity index (χ2n) is 10.3. The Hall–Kier alpha value is -4.47. The van der Waals surface area contributed by atoms with Gasteiger partial charge in [-0.1, -0.05) is 6.58 Å². The number of likely N-dealkylation sites (tertiary alicyclic amines) is 1. The zero-order valence-electron chi connectivity index (χ0n) is 23.5. The van der Waals surface area contributed by atoms with E-state index in [9.17, 15) is 4.79 Å². The summed E-state index contributed by atoms with van der Waals surface area (Å²) in [5.74, 6) is 2.18. The Labute approximate surface area is 233 Å². The molecule has 4 heterocycles. The van der Waals surface area contributed by atoms with Crippen molar-refractivity contribution < 1.29 is 14.3 Å². The van der Waals surface area contributed by atoms with Gasteiger partial charge in [0.15, 0.2) is 5.65 Å². The number of ether oxygens (including phenoxy) is 2. The number of carbonyl (C=O) groups is 1. The lowest BCUT2D eigenvalue weighted by Gasteiger charge is -2.32. The van der Waals surface area contributed by atoms with E-state index < -0.39 is 0 Å². The summed E-state index contributed by atoms with van der Waals surface area (Å²) in [5, 5.41) is 5.67. The number of hydrogen-bond donors (Lipinski definition) is 1. The molecule has 10 heteroatoms. The number of carbonyl (C=O) groups excluding carboxylic acids is 1. The molecular formula is C30H35N7O3. The summed E-state index contributed by atoms with van der Waals surface area (Å²) < 4.78 is 13.6. The van der Waals surface area contributed by atoms with Gasteiger partial charge in [-0.25, -0.2) is 14.6 Å². The van der Waals surface area contributed by atoms with E-state index in [4.69, 9.17) is 20.3 Å². The van der Waals surface area contributed by atoms with Gasteiger partial charge in [0.2, 0.25) is 5.91 Å². The number of nitrogens with zero attached hydrogens (tertiary/aromatic N) is 6. The Morgan fingerprint density at radius 3 is 2.77 bits per heavy atom. The minimum atomic E-state index is -0.0347. The first-order valence-electron chi connectivity index (χ1n) is 13.4. The molecular weight excluding hydrogens is 506 g/mol. The van der Waals surface area contributed by atoms with Crippen molar-refractivity contribution in [3.8, 4) is 22.8 Å². The number of rotatable bonds is 8. The topological polar surface area (TPSA) is 121 Å². The Bertz CT molecular complexity index is 1580. The molecule has 2 N–H and O–H groups in total. The molecule has 1 aliphatic heterocycles. The van der Waals surface area contributed by atoms with Crippen LogP contribution in [0.25, 0.3) is 22.3 Å². The lowest BCUT2D eigenvalue weighted by molar-refractivity contribution is -0.127. The number of aromatic nitrogens is 5. The molecule has 1 fully saturated rings. The monoisotopic (exact) mass is 541 g/mol. The quantitative estimate of drug-likeness (QED) is 0.326. The summed E-state index contributed by atoms with van der Waals surface area (Å²) in [5.41, 5.74) is 12.4. The molecule has 1 aliphatic rings. The van der Waals surface area contributed by atoms with E-state index in [1.54, 1.807) is 13.3 Å². The van der Waals surface area contributed by atoms with Gasteiger partial charge in [0, 0.05) is 42.5 Å². The van der Waals surface area contributed by atoms with Crippen LogP contribution in [0.4, 0.5) is 5.82 Å². The summed E-state index contributed by atoms with van der Waals surface area (Å²) in [6.45, 7) is 12.0. The van der Waals surface area contributed by atoms with E-state index in [1.165, 1.54) is 12.4 Å². The van der Waals surface area contributed by atoms with Crippen LogP contribution in [0.5, 0.6) is 11.5 Å². The van der Waals surface area contributed by atoms with Crippen molar-refractivity contribution in [3.63, 3.8) is 0 Å². The third kappa shape index (κ3) is 5.21. The lowest BCUT2D eigenvalue weighted by Crippen LogP contribution is -2.40. The summed E-state index contributed by atoms with van der Waals surface area (Å²) >= 11 is 0. The van der Waals surface area contributed by atoms with Crippen LogP contribution in [0.1, 0.15) is 35.2 Å². The van der Waals surface area contributed by atoms with Crippen LogP contribution in [0.15, 0.2) is 43.4 Å². The van der Waals surface area contributed by atoms with Gasteiger partial charge in [-0.05, 0) is 69.4 Å². The van der Waals surface area contributed by atoms with Crippen LogP contribution >= 0.6 is 0 Å². The Balaban J connectivity index is 1.41. The number of amides is 1. The van der Waals surface area contributed by atoms with Gasteiger partial charge in [-0.3, -0.25) is 9.78 Å². The molecule has 0 aliphatic carbocycles. The van der Waals surface area contributed by atoms with Gasteiger partial charge >= 0.3 is 0 Å². The second-order valence-corrected chi connectivity index (χ2v) is 10.3. The van der Waals surface area contributed by atoms with E-state index in [1.807, 2.05) is 48.6 Å². The molecule has 10 nitrogen and oxygen atoms in total. The Kier molecular flexibility index (Phi) is 7.68. The van der Waals surface area contributed by atoms with Gasteiger partial charge in [0.25, 0.3) is 0 Å². The summed E-state index contributed by atoms with van der Waals surface area (Å²) in [4.78, 5) is 27.3. The third-order valence-corrected chi connectivity index (χ3v) is 7.56. The molecule has 0 saturated carbocycles. The minimum absolute atomic E-state index is 0.0347. The number of aryl methyl sites for hydroxylation is 2. The average molecular weight is 542 g/mol. The second kappa shape index (κ2) is 11.3. The molecule has 0 bridgehead atoms. The number of nitrogens with two attached hydrogens (primary N) is 1. The average Bonchev–Trinajstić information content (AvgIpc) is 3.32. The Morgan fingerprint density at radius 2 is 2.02 bits per heavy atom. The summed E-state index contributed by atoms with van der Waals surface area (Å²) in [6.07, 6.45) is 6.59. The molecule has 5 rings (SSSR count). The molecule has 1 aromatic carbocycles. The lowest BCUT2D eigenvalue weighted by atomic mass is 9.98. The van der Waals surface area contributed by atoms with Crippen molar-refractivity contribution in [3.05, 3.63) is 65.8 Å². The smallest absolute Gasteiger partial charge is 0.245 e. The van der Waals surface area contributed by atoms with E-state index >= 15 is 0 Å². The number of benzene rings is 1. The van der Waals surface area contributed by atoms with Gasteiger partial charge in [-0.2, -0.15) is 5.10 Å². The zero-order chi connectivity index (χ0) is 28.4. The minimum Gasteiger partial charge on any atom is -0.496 e. The molecule has 4 aromatic rings. The van der Waals surface area contributed by atoms with Crippen LogP contribution < -0.4 is 15.2 Å². The molecule has 1 saturated heterocycles. The number of fused-ring (bicyclic) bond motifs is 1. The molecule has 208 valence electrons. The maximum atomic E-state index is 12.2. The number of hydrogen-bond acceptors (Lipinski definition) is 8. The van der Waals surface area contributed by atoms with Crippen molar-refractivity contribution in [2.45, 2.75) is 46.8 Å². The number of pyridine rings is 1. The highest BCUT2D eigenvalue weighted by molar-refractivity contribution is 5.98. The fourth-order valence-corrected chi connectivity index (χ4v) is 5.47. The summed E-state index contributed by atoms with van der Waals surface area (Å²) in [7, 11) is 1.67. The van der Waals surface area contributed by atoms with E-state index in [2.05, 4.69) is 21.5 Å². The molecule has 40 heavy (non-hydrogen) atoms. The first-order valence-corrected chi connectivity index (χ1v) is 13.4. The van der Waals surface area contributed by atoms with Gasteiger partial charge in [0.1, 0.15) is 35.9 Å². The van der Waals surface area contributed by atoms with Crippen LogP contribution in [-0.2, 0) is 17.9 Å². The maximum Gasteiger partial charge on any atom is 0.245 e. The molecule has 0 radical (unpaired) electrons. The largest absolute Gasteiger partial charge is 0.496 e. The number of methoxy groups -OCH3 is 1. The predicted molar refractivity (Wildman–Crippen MR) is 154 cm³/mol.